The van der Waals surface area contributed by atoms with Crippen LogP contribution < -0.4 is 0 Å². The zero-order valence-corrected chi connectivity index (χ0v) is 15.9. The van der Waals surface area contributed by atoms with Crippen LogP contribution in [-0.2, 0) is 15.3 Å². The molecule has 126 valence electrons. The van der Waals surface area contributed by atoms with Crippen molar-refractivity contribution in [3.8, 4) is 0 Å². The summed E-state index contributed by atoms with van der Waals surface area (Å²) in [6.45, 7) is 3.40. The molecule has 1 fully saturated rings. The number of halogens is 2. The number of aliphatic imine (C=N–C) groups is 1. The number of hydrogen-bond donors (Lipinski definition) is 1. The molecule has 0 amide bonds. The van der Waals surface area contributed by atoms with E-state index >= 15 is 0 Å². The summed E-state index contributed by atoms with van der Waals surface area (Å²) >= 11 is 7.37. The Hall–Kier alpha value is -0.760. The number of ether oxygens (including phenoxy) is 1. The van der Waals surface area contributed by atoms with Gasteiger partial charge in [0.15, 0.2) is 10.9 Å². The van der Waals surface area contributed by atoms with Crippen LogP contribution in [0.4, 0.5) is 0 Å². The van der Waals surface area contributed by atoms with E-state index < -0.39 is 5.72 Å². The third-order valence-electron chi connectivity index (χ3n) is 3.84. The van der Waals surface area contributed by atoms with Crippen LogP contribution in [0.15, 0.2) is 29.3 Å². The molecule has 3 rings (SSSR count). The van der Waals surface area contributed by atoms with Gasteiger partial charge in [0.2, 0.25) is 0 Å². The van der Waals surface area contributed by atoms with E-state index in [2.05, 4.69) is 4.99 Å². The molecule has 1 aromatic carbocycles. The van der Waals surface area contributed by atoms with Crippen LogP contribution >= 0.6 is 40.3 Å². The molecule has 2 unspecified atom stereocenters. The van der Waals surface area contributed by atoms with E-state index in [1.54, 1.807) is 31.2 Å². The number of nitrogens with zero attached hydrogens (tertiary/aromatic N) is 2. The molecular weight excluding hydrogens is 404 g/mol. The summed E-state index contributed by atoms with van der Waals surface area (Å²) in [6, 6.07) is 7.07. The molecular formula is C15H18BrClN2O3S. The van der Waals surface area contributed by atoms with Crippen LogP contribution in [0, 0.1) is 0 Å². The molecule has 2 aliphatic rings. The molecule has 2 aliphatic heterocycles. The highest BCUT2D eigenvalue weighted by Gasteiger charge is 2.54. The molecule has 0 bridgehead atoms. The van der Waals surface area contributed by atoms with Crippen molar-refractivity contribution >= 4 is 51.5 Å². The fraction of sp³-hybridized carbons (Fsp3) is 0.467. The number of rotatable bonds is 4. The predicted molar refractivity (Wildman–Crippen MR) is 97.3 cm³/mol. The van der Waals surface area contributed by atoms with Crippen LogP contribution in [-0.4, -0.2) is 46.1 Å². The third-order valence-corrected chi connectivity index (χ3v) is 5.43. The van der Waals surface area contributed by atoms with Gasteiger partial charge in [0, 0.05) is 17.1 Å². The zero-order valence-electron chi connectivity index (χ0n) is 12.6. The first-order valence-corrected chi connectivity index (χ1v) is 8.44. The normalized spacial score (nSPS) is 25.6. The van der Waals surface area contributed by atoms with E-state index in [0.29, 0.717) is 30.3 Å². The summed E-state index contributed by atoms with van der Waals surface area (Å²) < 4.78 is 5.03. The summed E-state index contributed by atoms with van der Waals surface area (Å²) in [5, 5.41) is 12.4. The van der Waals surface area contributed by atoms with Crippen molar-refractivity contribution in [3.63, 3.8) is 0 Å². The molecule has 5 nitrogen and oxygen atoms in total. The molecule has 0 radical (unpaired) electrons. The van der Waals surface area contributed by atoms with Crippen LogP contribution in [0.5, 0.6) is 0 Å². The SMILES string of the molecule is Br.CCOC(=O)CC1SC2=NCCN2C1(O)c1ccc(Cl)cc1. The quantitative estimate of drug-likeness (QED) is 0.758. The van der Waals surface area contributed by atoms with E-state index in [0.717, 1.165) is 5.17 Å². The number of thioether (sulfide) groups is 1. The Labute approximate surface area is 154 Å². The van der Waals surface area contributed by atoms with Gasteiger partial charge >= 0.3 is 5.97 Å². The Bertz CT molecular complexity index is 613. The number of aliphatic hydroxyl groups is 1. The molecule has 8 heteroatoms. The van der Waals surface area contributed by atoms with E-state index in [4.69, 9.17) is 16.3 Å². The van der Waals surface area contributed by atoms with Gasteiger partial charge in [-0.15, -0.1) is 17.0 Å². The molecule has 1 saturated heterocycles. The standard InChI is InChI=1S/C15H17ClN2O3S.BrH/c1-2-21-13(19)9-12-15(20,10-3-5-11(16)6-4-10)18-8-7-17-14(18)22-12;/h3-6,12,20H,2,7-9H2,1H3;1H. The number of carbonyl (C=O) groups excluding carboxylic acids is 1. The van der Waals surface area contributed by atoms with Gasteiger partial charge < -0.3 is 14.7 Å². The number of carbonyl (C=O) groups is 1. The van der Waals surface area contributed by atoms with Crippen molar-refractivity contribution in [2.45, 2.75) is 24.3 Å². The van der Waals surface area contributed by atoms with Gasteiger partial charge in [0.25, 0.3) is 0 Å². The predicted octanol–water partition coefficient (Wildman–Crippen LogP) is 2.80. The number of esters is 1. The number of hydrogen-bond acceptors (Lipinski definition) is 6. The number of benzene rings is 1. The lowest BCUT2D eigenvalue weighted by Gasteiger charge is -2.36. The lowest BCUT2D eigenvalue weighted by Crippen LogP contribution is -2.48. The summed E-state index contributed by atoms with van der Waals surface area (Å²) in [4.78, 5) is 18.1. The van der Waals surface area contributed by atoms with Crippen LogP contribution in [0.3, 0.4) is 0 Å². The smallest absolute Gasteiger partial charge is 0.307 e. The minimum absolute atomic E-state index is 0. The van der Waals surface area contributed by atoms with Gasteiger partial charge in [-0.2, -0.15) is 0 Å². The number of fused-ring (bicyclic) bond motifs is 1. The van der Waals surface area contributed by atoms with Crippen molar-refractivity contribution in [2.75, 3.05) is 19.7 Å². The molecule has 23 heavy (non-hydrogen) atoms. The maximum atomic E-state index is 11.9. The van der Waals surface area contributed by atoms with Crippen molar-refractivity contribution in [1.82, 2.24) is 4.90 Å². The molecule has 0 saturated carbocycles. The molecule has 2 heterocycles. The Morgan fingerprint density at radius 1 is 1.52 bits per heavy atom. The van der Waals surface area contributed by atoms with Crippen molar-refractivity contribution in [3.05, 3.63) is 34.9 Å². The van der Waals surface area contributed by atoms with Crippen molar-refractivity contribution in [1.29, 1.82) is 0 Å². The summed E-state index contributed by atoms with van der Waals surface area (Å²) in [5.74, 6) is -0.311. The molecule has 0 aromatic heterocycles. The van der Waals surface area contributed by atoms with Gasteiger partial charge in [-0.3, -0.25) is 9.79 Å². The van der Waals surface area contributed by atoms with Gasteiger partial charge in [-0.05, 0) is 19.1 Å². The first kappa shape index (κ1) is 18.6. The summed E-state index contributed by atoms with van der Waals surface area (Å²) in [6.07, 6.45) is 0.132. The van der Waals surface area contributed by atoms with E-state index in [9.17, 15) is 9.90 Å². The van der Waals surface area contributed by atoms with Crippen LogP contribution in [0.2, 0.25) is 5.02 Å². The van der Waals surface area contributed by atoms with E-state index in [1.165, 1.54) is 11.8 Å². The Morgan fingerprint density at radius 2 is 2.22 bits per heavy atom. The second kappa shape index (κ2) is 7.42. The highest BCUT2D eigenvalue weighted by Crippen LogP contribution is 2.48. The van der Waals surface area contributed by atoms with Gasteiger partial charge in [-0.1, -0.05) is 35.5 Å². The minimum atomic E-state index is -1.27. The van der Waals surface area contributed by atoms with Gasteiger partial charge in [-0.25, -0.2) is 0 Å². The van der Waals surface area contributed by atoms with Gasteiger partial charge in [0.05, 0.1) is 24.8 Å². The van der Waals surface area contributed by atoms with Crippen LogP contribution in [0.1, 0.15) is 18.9 Å². The van der Waals surface area contributed by atoms with Crippen LogP contribution in [0.25, 0.3) is 0 Å². The average Bonchev–Trinajstić information content (AvgIpc) is 3.04. The summed E-state index contributed by atoms with van der Waals surface area (Å²) in [7, 11) is 0. The minimum Gasteiger partial charge on any atom is -0.466 e. The molecule has 1 aromatic rings. The second-order valence-corrected chi connectivity index (χ2v) is 6.77. The van der Waals surface area contributed by atoms with E-state index in [1.807, 2.05) is 4.90 Å². The molecule has 2 atom stereocenters. The van der Waals surface area contributed by atoms with Crippen molar-refractivity contribution < 1.29 is 14.6 Å². The fourth-order valence-corrected chi connectivity index (χ4v) is 4.37. The fourth-order valence-electron chi connectivity index (χ4n) is 2.82. The molecule has 0 aliphatic carbocycles. The largest absolute Gasteiger partial charge is 0.466 e. The third kappa shape index (κ3) is 3.38. The Kier molecular flexibility index (Phi) is 5.99. The van der Waals surface area contributed by atoms with Gasteiger partial charge in [0.1, 0.15) is 0 Å². The monoisotopic (exact) mass is 420 g/mol. The Balaban J connectivity index is 0.00000192. The van der Waals surface area contributed by atoms with E-state index in [-0.39, 0.29) is 34.6 Å². The maximum absolute atomic E-state index is 11.9. The lowest BCUT2D eigenvalue weighted by atomic mass is 9.95. The average molecular weight is 422 g/mol. The highest BCUT2D eigenvalue weighted by atomic mass is 79.9. The van der Waals surface area contributed by atoms with Crippen molar-refractivity contribution in [2.24, 2.45) is 4.99 Å². The Morgan fingerprint density at radius 3 is 2.87 bits per heavy atom. The topological polar surface area (TPSA) is 62.1 Å². The highest BCUT2D eigenvalue weighted by molar-refractivity contribution is 8.93. The molecule has 0 spiro atoms. The maximum Gasteiger partial charge on any atom is 0.307 e. The lowest BCUT2D eigenvalue weighted by molar-refractivity contribution is -0.146. The zero-order chi connectivity index (χ0) is 15.7. The number of amidine groups is 1. The molecule has 1 N–H and O–H groups in total. The first-order chi connectivity index (χ1) is 10.6. The second-order valence-electron chi connectivity index (χ2n) is 5.16. The first-order valence-electron chi connectivity index (χ1n) is 7.18. The summed E-state index contributed by atoms with van der Waals surface area (Å²) in [5.41, 5.74) is -0.553.